The zero-order chi connectivity index (χ0) is 13.7. The molecule has 2 saturated carbocycles. The van der Waals surface area contributed by atoms with E-state index in [2.05, 4.69) is 25.1 Å². The van der Waals surface area contributed by atoms with Crippen molar-refractivity contribution in [3.63, 3.8) is 0 Å². The van der Waals surface area contributed by atoms with Gasteiger partial charge in [-0.15, -0.1) is 0 Å². The topological polar surface area (TPSA) is 9.23 Å². The Labute approximate surface area is 122 Å². The molecule has 1 heteroatoms. The minimum atomic E-state index is 0.664. The first-order valence-corrected chi connectivity index (χ1v) is 8.38. The van der Waals surface area contributed by atoms with E-state index in [1.165, 1.54) is 44.9 Å². The lowest BCUT2D eigenvalue weighted by Crippen LogP contribution is -2.39. The molecule has 4 atom stereocenters. The summed E-state index contributed by atoms with van der Waals surface area (Å²) in [6.07, 6.45) is 9.98. The highest BCUT2D eigenvalue weighted by Crippen LogP contribution is 2.60. The molecule has 4 rings (SSSR count). The number of aryl methyl sites for hydroxylation is 1. The molecule has 1 aromatic carbocycles. The Kier molecular flexibility index (Phi) is 2.87. The Morgan fingerprint density at radius 2 is 2.05 bits per heavy atom. The summed E-state index contributed by atoms with van der Waals surface area (Å²) in [6, 6.07) is 6.79. The summed E-state index contributed by atoms with van der Waals surface area (Å²) in [6.45, 7) is 2.57. The first-order valence-electron chi connectivity index (χ1n) is 8.38. The van der Waals surface area contributed by atoms with Gasteiger partial charge in [-0.1, -0.05) is 19.4 Å². The Balaban J connectivity index is 1.72. The van der Waals surface area contributed by atoms with Crippen LogP contribution >= 0.6 is 0 Å². The average Bonchev–Trinajstić information content (AvgIpc) is 2.88. The largest absolute Gasteiger partial charge is 0.497 e. The van der Waals surface area contributed by atoms with Gasteiger partial charge in [-0.05, 0) is 85.0 Å². The number of benzene rings is 1. The summed E-state index contributed by atoms with van der Waals surface area (Å²) in [5, 5.41) is 0. The highest BCUT2D eigenvalue weighted by molar-refractivity contribution is 5.40. The highest BCUT2D eigenvalue weighted by Gasteiger charge is 2.50. The van der Waals surface area contributed by atoms with Crippen LogP contribution < -0.4 is 4.74 Å². The van der Waals surface area contributed by atoms with Gasteiger partial charge in [-0.3, -0.25) is 0 Å². The second-order valence-corrected chi connectivity index (χ2v) is 7.57. The minimum Gasteiger partial charge on any atom is -0.497 e. The maximum absolute atomic E-state index is 5.47. The van der Waals surface area contributed by atoms with Gasteiger partial charge in [-0.25, -0.2) is 0 Å². The SMILES string of the molecule is COc1ccc2c(c1)C1CCC3(C)CCCC3C1CC2. The molecule has 4 unspecified atom stereocenters. The van der Waals surface area contributed by atoms with Crippen molar-refractivity contribution in [3.05, 3.63) is 29.3 Å². The first kappa shape index (κ1) is 12.7. The van der Waals surface area contributed by atoms with E-state index in [9.17, 15) is 0 Å². The predicted octanol–water partition coefficient (Wildman–Crippen LogP) is 4.94. The Morgan fingerprint density at radius 1 is 1.15 bits per heavy atom. The second-order valence-electron chi connectivity index (χ2n) is 7.57. The number of hydrogen-bond acceptors (Lipinski definition) is 1. The standard InChI is InChI=1S/C19H26O/c1-19-10-3-4-18(19)16-8-6-13-5-7-14(20-2)12-17(13)15(16)9-11-19/h5,7,12,15-16,18H,3-4,6,8-11H2,1-2H3. The van der Waals surface area contributed by atoms with Gasteiger partial charge in [0.15, 0.2) is 0 Å². The van der Waals surface area contributed by atoms with E-state index in [1.54, 1.807) is 18.2 Å². The smallest absolute Gasteiger partial charge is 0.119 e. The monoisotopic (exact) mass is 270 g/mol. The van der Waals surface area contributed by atoms with Crippen LogP contribution in [0.25, 0.3) is 0 Å². The maximum Gasteiger partial charge on any atom is 0.119 e. The molecule has 0 amide bonds. The van der Waals surface area contributed by atoms with E-state index < -0.39 is 0 Å². The van der Waals surface area contributed by atoms with Crippen LogP contribution in [-0.4, -0.2) is 7.11 Å². The molecular weight excluding hydrogens is 244 g/mol. The van der Waals surface area contributed by atoms with Crippen molar-refractivity contribution in [1.29, 1.82) is 0 Å². The molecule has 0 bridgehead atoms. The predicted molar refractivity (Wildman–Crippen MR) is 82.2 cm³/mol. The summed E-state index contributed by atoms with van der Waals surface area (Å²) in [4.78, 5) is 0. The van der Waals surface area contributed by atoms with Crippen molar-refractivity contribution in [2.45, 2.75) is 57.8 Å². The Hall–Kier alpha value is -0.980. The van der Waals surface area contributed by atoms with Crippen molar-refractivity contribution in [2.24, 2.45) is 17.3 Å². The summed E-state index contributed by atoms with van der Waals surface area (Å²) in [5.74, 6) is 3.78. The minimum absolute atomic E-state index is 0.664. The molecule has 0 saturated heterocycles. The van der Waals surface area contributed by atoms with E-state index in [-0.39, 0.29) is 0 Å². The molecule has 3 aliphatic carbocycles. The van der Waals surface area contributed by atoms with Crippen LogP contribution in [0.2, 0.25) is 0 Å². The molecule has 1 nitrogen and oxygen atoms in total. The lowest BCUT2D eigenvalue weighted by molar-refractivity contribution is 0.0598. The summed E-state index contributed by atoms with van der Waals surface area (Å²) in [7, 11) is 1.79. The molecule has 0 aliphatic heterocycles. The number of fused-ring (bicyclic) bond motifs is 5. The molecule has 20 heavy (non-hydrogen) atoms. The van der Waals surface area contributed by atoms with Crippen LogP contribution in [0.15, 0.2) is 18.2 Å². The number of methoxy groups -OCH3 is 1. The fourth-order valence-corrected chi connectivity index (χ4v) is 5.66. The molecule has 0 aromatic heterocycles. The fourth-order valence-electron chi connectivity index (χ4n) is 5.66. The molecule has 0 heterocycles. The zero-order valence-electron chi connectivity index (χ0n) is 12.8. The van der Waals surface area contributed by atoms with Crippen LogP contribution in [0.3, 0.4) is 0 Å². The molecule has 0 N–H and O–H groups in total. The first-order chi connectivity index (χ1) is 9.71. The third kappa shape index (κ3) is 1.75. The Morgan fingerprint density at radius 3 is 2.90 bits per heavy atom. The van der Waals surface area contributed by atoms with Crippen molar-refractivity contribution in [2.75, 3.05) is 7.11 Å². The average molecular weight is 270 g/mol. The molecule has 1 aromatic rings. The zero-order valence-corrected chi connectivity index (χ0v) is 12.8. The summed E-state index contributed by atoms with van der Waals surface area (Å²) >= 11 is 0. The Bertz CT molecular complexity index is 520. The third-order valence-electron chi connectivity index (χ3n) is 6.72. The van der Waals surface area contributed by atoms with Crippen LogP contribution in [0.5, 0.6) is 5.75 Å². The van der Waals surface area contributed by atoms with Crippen molar-refractivity contribution in [3.8, 4) is 5.75 Å². The summed E-state index contributed by atoms with van der Waals surface area (Å²) < 4.78 is 5.47. The van der Waals surface area contributed by atoms with Gasteiger partial charge in [0.2, 0.25) is 0 Å². The van der Waals surface area contributed by atoms with Gasteiger partial charge in [0.25, 0.3) is 0 Å². The third-order valence-corrected chi connectivity index (χ3v) is 6.72. The molecule has 2 fully saturated rings. The molecule has 108 valence electrons. The normalized spacial score (nSPS) is 38.8. The number of ether oxygens (including phenoxy) is 1. The van der Waals surface area contributed by atoms with Crippen LogP contribution in [-0.2, 0) is 6.42 Å². The van der Waals surface area contributed by atoms with Crippen LogP contribution in [0.4, 0.5) is 0 Å². The number of rotatable bonds is 1. The molecule has 3 aliphatic rings. The van der Waals surface area contributed by atoms with Crippen molar-refractivity contribution >= 4 is 0 Å². The van der Waals surface area contributed by atoms with E-state index in [0.717, 1.165) is 23.5 Å². The quantitative estimate of drug-likeness (QED) is 0.702. The van der Waals surface area contributed by atoms with Gasteiger partial charge in [0, 0.05) is 0 Å². The van der Waals surface area contributed by atoms with Gasteiger partial charge in [0.1, 0.15) is 5.75 Å². The lowest BCUT2D eigenvalue weighted by Gasteiger charge is -2.49. The highest BCUT2D eigenvalue weighted by atomic mass is 16.5. The lowest BCUT2D eigenvalue weighted by atomic mass is 9.56. The summed E-state index contributed by atoms with van der Waals surface area (Å²) in [5.41, 5.74) is 3.88. The van der Waals surface area contributed by atoms with Gasteiger partial charge < -0.3 is 4.74 Å². The molecular formula is C19H26O. The maximum atomic E-state index is 5.47. The van der Waals surface area contributed by atoms with E-state index in [1.807, 2.05) is 0 Å². The second kappa shape index (κ2) is 4.51. The molecule has 0 radical (unpaired) electrons. The van der Waals surface area contributed by atoms with Crippen molar-refractivity contribution < 1.29 is 4.74 Å². The van der Waals surface area contributed by atoms with Gasteiger partial charge >= 0.3 is 0 Å². The number of hydrogen-bond donors (Lipinski definition) is 0. The molecule has 0 spiro atoms. The van der Waals surface area contributed by atoms with E-state index in [4.69, 9.17) is 4.74 Å². The fraction of sp³-hybridized carbons (Fsp3) is 0.684. The van der Waals surface area contributed by atoms with Crippen LogP contribution in [0.1, 0.15) is 62.5 Å². The van der Waals surface area contributed by atoms with Gasteiger partial charge in [-0.2, -0.15) is 0 Å². The van der Waals surface area contributed by atoms with E-state index in [0.29, 0.717) is 5.41 Å². The van der Waals surface area contributed by atoms with E-state index >= 15 is 0 Å². The van der Waals surface area contributed by atoms with Crippen molar-refractivity contribution in [1.82, 2.24) is 0 Å². The van der Waals surface area contributed by atoms with Gasteiger partial charge in [0.05, 0.1) is 7.11 Å². The van der Waals surface area contributed by atoms with Crippen LogP contribution in [0, 0.1) is 17.3 Å².